The zero-order chi connectivity index (χ0) is 32.7. The van der Waals surface area contributed by atoms with Gasteiger partial charge in [0.1, 0.15) is 61.0 Å². The summed E-state index contributed by atoms with van der Waals surface area (Å²) in [6.45, 7) is -0.226. The maximum absolute atomic E-state index is 12.7. The molecule has 0 aromatic rings. The topological polar surface area (TPSA) is 344 Å². The molecule has 1 unspecified atom stereocenters. The van der Waals surface area contributed by atoms with Crippen molar-refractivity contribution in [2.45, 2.75) is 117 Å². The highest BCUT2D eigenvalue weighted by Gasteiger charge is 2.52. The third kappa shape index (κ3) is 8.77. The molecule has 258 valence electrons. The predicted molar refractivity (Wildman–Crippen MR) is 149 cm³/mol. The molecule has 18 N–H and O–H groups in total. The molecule has 19 nitrogen and oxygen atoms in total. The van der Waals surface area contributed by atoms with Crippen LogP contribution >= 0.6 is 0 Å². The van der Waals surface area contributed by atoms with E-state index in [-0.39, 0.29) is 32.5 Å². The Hall–Kier alpha value is -1.21. The van der Waals surface area contributed by atoms with E-state index in [1.54, 1.807) is 0 Å². The zero-order valence-corrected chi connectivity index (χ0v) is 24.3. The summed E-state index contributed by atoms with van der Waals surface area (Å²) < 4.78 is 23.2. The molecule has 1 aliphatic carbocycles. The molecule has 0 aromatic heterocycles. The minimum atomic E-state index is -1.68. The van der Waals surface area contributed by atoms with Crippen LogP contribution in [-0.2, 0) is 23.7 Å². The molecule has 3 fully saturated rings. The van der Waals surface area contributed by atoms with Crippen molar-refractivity contribution >= 4 is 5.91 Å². The molecule has 2 saturated heterocycles. The van der Waals surface area contributed by atoms with E-state index in [1.807, 2.05) is 0 Å². The largest absolute Gasteiger partial charge is 0.396 e. The Balaban J connectivity index is 1.82. The van der Waals surface area contributed by atoms with Gasteiger partial charge in [-0.2, -0.15) is 0 Å². The number of rotatable bonds is 14. The molecule has 1 saturated carbocycles. The van der Waals surface area contributed by atoms with Gasteiger partial charge in [0.15, 0.2) is 12.6 Å². The Labute approximate surface area is 254 Å². The average molecular weight is 643 g/mol. The van der Waals surface area contributed by atoms with Gasteiger partial charge in [-0.1, -0.05) is 0 Å². The van der Waals surface area contributed by atoms with E-state index in [0.29, 0.717) is 13.0 Å². The fourth-order valence-electron chi connectivity index (χ4n) is 5.54. The van der Waals surface area contributed by atoms with E-state index in [9.17, 15) is 40.5 Å². The first-order valence-electron chi connectivity index (χ1n) is 14.8. The van der Waals surface area contributed by atoms with E-state index < -0.39 is 110 Å². The Morgan fingerprint density at radius 2 is 1.52 bits per heavy atom. The maximum atomic E-state index is 12.7. The summed E-state index contributed by atoms with van der Waals surface area (Å²) >= 11 is 0. The number of carbonyl (C=O) groups is 1. The van der Waals surface area contributed by atoms with Gasteiger partial charge in [0.25, 0.3) is 0 Å². The summed E-state index contributed by atoms with van der Waals surface area (Å²) in [7, 11) is 0. The Bertz CT molecular complexity index is 882. The van der Waals surface area contributed by atoms with Gasteiger partial charge in [-0.05, 0) is 32.4 Å². The molecule has 3 rings (SSSR count). The molecular formula is C25H50N6O13. The van der Waals surface area contributed by atoms with Crippen LogP contribution < -0.4 is 33.6 Å². The molecule has 0 spiro atoms. The second kappa shape index (κ2) is 17.1. The van der Waals surface area contributed by atoms with Gasteiger partial charge >= 0.3 is 0 Å². The summed E-state index contributed by atoms with van der Waals surface area (Å²) in [5.41, 5.74) is 23.8. The van der Waals surface area contributed by atoms with Gasteiger partial charge in [0.2, 0.25) is 5.91 Å². The first-order valence-corrected chi connectivity index (χ1v) is 14.8. The van der Waals surface area contributed by atoms with Crippen molar-refractivity contribution in [2.24, 2.45) is 22.9 Å². The maximum Gasteiger partial charge on any atom is 0.249 e. The number of ether oxygens (including phenoxy) is 4. The second-order valence-corrected chi connectivity index (χ2v) is 11.5. The van der Waals surface area contributed by atoms with Crippen molar-refractivity contribution in [1.82, 2.24) is 10.6 Å². The molecule has 0 bridgehead atoms. The molecule has 2 aliphatic heterocycles. The summed E-state index contributed by atoms with van der Waals surface area (Å²) in [5, 5.41) is 87.7. The van der Waals surface area contributed by atoms with Crippen LogP contribution in [-0.4, -0.2) is 177 Å². The molecule has 3 aliphatic rings. The lowest BCUT2D eigenvalue weighted by Crippen LogP contribution is -2.70. The molecule has 44 heavy (non-hydrogen) atoms. The van der Waals surface area contributed by atoms with Crippen molar-refractivity contribution in [2.75, 3.05) is 32.8 Å². The number of nitrogens with one attached hydrogen (secondary N) is 2. The molecule has 16 atom stereocenters. The smallest absolute Gasteiger partial charge is 0.249 e. The van der Waals surface area contributed by atoms with E-state index in [2.05, 4.69) is 10.6 Å². The Morgan fingerprint density at radius 1 is 0.864 bits per heavy atom. The Morgan fingerprint density at radius 3 is 2.16 bits per heavy atom. The van der Waals surface area contributed by atoms with Crippen LogP contribution in [0.25, 0.3) is 0 Å². The van der Waals surface area contributed by atoms with Crippen molar-refractivity contribution < 1.29 is 64.6 Å². The number of aliphatic hydroxyl groups excluding tert-OH is 8. The number of aliphatic hydroxyl groups is 8. The number of hydrogen-bond donors (Lipinski definition) is 14. The first kappa shape index (κ1) is 37.2. The minimum Gasteiger partial charge on any atom is -0.396 e. The van der Waals surface area contributed by atoms with E-state index >= 15 is 0 Å². The van der Waals surface area contributed by atoms with Crippen LogP contribution in [0, 0.1) is 0 Å². The summed E-state index contributed by atoms with van der Waals surface area (Å²) in [6.07, 6.45) is -16.7. The highest BCUT2D eigenvalue weighted by Crippen LogP contribution is 2.31. The van der Waals surface area contributed by atoms with Crippen molar-refractivity contribution in [3.8, 4) is 0 Å². The predicted octanol–water partition coefficient (Wildman–Crippen LogP) is -8.44. The fourth-order valence-corrected chi connectivity index (χ4v) is 5.54. The normalized spacial score (nSPS) is 43.9. The molecule has 0 radical (unpaired) electrons. The third-order valence-electron chi connectivity index (χ3n) is 8.21. The van der Waals surface area contributed by atoms with Crippen LogP contribution in [0.1, 0.15) is 19.3 Å². The minimum absolute atomic E-state index is 0.0161. The van der Waals surface area contributed by atoms with Gasteiger partial charge in [0, 0.05) is 19.2 Å². The highest BCUT2D eigenvalue weighted by atomic mass is 16.7. The number of nitrogens with two attached hydrogens (primary N) is 4. The fraction of sp³-hybridized carbons (Fsp3) is 0.960. The van der Waals surface area contributed by atoms with E-state index in [0.717, 1.165) is 0 Å². The molecule has 2 heterocycles. The lowest BCUT2D eigenvalue weighted by Gasteiger charge is -2.49. The summed E-state index contributed by atoms with van der Waals surface area (Å²) in [4.78, 5) is 12.7. The number of carbonyl (C=O) groups excluding carboxylic acids is 1. The van der Waals surface area contributed by atoms with Crippen molar-refractivity contribution in [3.05, 3.63) is 0 Å². The van der Waals surface area contributed by atoms with Crippen LogP contribution in [0.4, 0.5) is 0 Å². The highest BCUT2D eigenvalue weighted by molar-refractivity contribution is 5.80. The molecular weight excluding hydrogens is 592 g/mol. The van der Waals surface area contributed by atoms with Gasteiger partial charge in [-0.25, -0.2) is 0 Å². The van der Waals surface area contributed by atoms with Gasteiger partial charge < -0.3 is 93.4 Å². The van der Waals surface area contributed by atoms with Crippen LogP contribution in [0.5, 0.6) is 0 Å². The Kier molecular flexibility index (Phi) is 14.5. The average Bonchev–Trinajstić information content (AvgIpc) is 2.99. The standard InChI is InChI=1S/C25H50N6O13/c26-3-2-11(34)23(40)31-10-6-9(27)21(20(39)22(10)44-25-19(38)14(28)16(35)13(8-33)42-25)43-24-15(29)18(37)17(36)12(41-24)7-30-4-1-5-32/h9-22,24-25,30,32-39H,1-8,26-29H2,(H,31,40)/t9-,10+,11-,12+,13+,14-,15+,16+,17+,18+,19+,20-,21?,22-,24+,25+/m0/s1. The van der Waals surface area contributed by atoms with Gasteiger partial charge in [-0.15, -0.1) is 0 Å². The third-order valence-corrected chi connectivity index (χ3v) is 8.21. The van der Waals surface area contributed by atoms with Gasteiger partial charge in [-0.3, -0.25) is 4.79 Å². The van der Waals surface area contributed by atoms with Crippen LogP contribution in [0.2, 0.25) is 0 Å². The summed E-state index contributed by atoms with van der Waals surface area (Å²) in [5.74, 6) is -0.829. The van der Waals surface area contributed by atoms with Gasteiger partial charge in [0.05, 0.1) is 24.7 Å². The SMILES string of the molecule is NCC[C@H](O)C(=O)N[C@@H]1C[C@H](N)C(O[C@H]2O[C@H](CNCCCO)[C@@H](O)[C@H](O)[C@H]2N)[C@H](O)[C@H]1O[C@H]1O[C@H](CO)[C@@H](O)[C@H](N)[C@H]1O. The lowest BCUT2D eigenvalue weighted by molar-refractivity contribution is -0.320. The van der Waals surface area contributed by atoms with Crippen molar-refractivity contribution in [1.29, 1.82) is 0 Å². The molecule has 0 aromatic carbocycles. The molecule has 1 amide bonds. The number of amides is 1. The monoisotopic (exact) mass is 642 g/mol. The quantitative estimate of drug-likeness (QED) is 0.0782. The molecule has 19 heteroatoms. The van der Waals surface area contributed by atoms with E-state index in [4.69, 9.17) is 47.0 Å². The second-order valence-electron chi connectivity index (χ2n) is 11.5. The number of hydrogen-bond acceptors (Lipinski definition) is 18. The summed E-state index contributed by atoms with van der Waals surface area (Å²) in [6, 6.07) is -4.66. The zero-order valence-electron chi connectivity index (χ0n) is 24.3. The first-order chi connectivity index (χ1) is 20.9. The van der Waals surface area contributed by atoms with Crippen LogP contribution in [0.15, 0.2) is 0 Å². The lowest BCUT2D eigenvalue weighted by atomic mass is 9.83. The van der Waals surface area contributed by atoms with E-state index in [1.165, 1.54) is 0 Å². The van der Waals surface area contributed by atoms with Crippen LogP contribution in [0.3, 0.4) is 0 Å². The van der Waals surface area contributed by atoms with Crippen molar-refractivity contribution in [3.63, 3.8) is 0 Å².